The first-order chi connectivity index (χ1) is 12.2. The minimum atomic E-state index is -4.30. The smallest absolute Gasteiger partial charge is 0.367 e. The maximum Gasteiger partial charge on any atom is 0.374 e. The van der Waals surface area contributed by atoms with Crippen molar-refractivity contribution in [3.05, 3.63) is 28.5 Å². The monoisotopic (exact) mass is 473 g/mol. The molecule has 0 saturated heterocycles. The Morgan fingerprint density at radius 2 is 1.38 bits per heavy atom. The van der Waals surface area contributed by atoms with Gasteiger partial charge in [-0.1, -0.05) is 0 Å². The topological polar surface area (TPSA) is 104 Å². The Kier molecular flexibility index (Phi) is 9.61. The first-order valence-corrected chi connectivity index (χ1v) is 12.2. The van der Waals surface area contributed by atoms with Crippen molar-refractivity contribution in [2.45, 2.75) is 39.2 Å². The molecule has 0 amide bonds. The van der Waals surface area contributed by atoms with Crippen molar-refractivity contribution in [2.24, 2.45) is 0 Å². The summed E-state index contributed by atoms with van der Waals surface area (Å²) < 4.78 is 48.7. The average molecular weight is 474 g/mol. The van der Waals surface area contributed by atoms with Crippen LogP contribution in [-0.4, -0.2) is 41.6 Å². The molecule has 0 spiro atoms. The normalized spacial score (nSPS) is 13.2. The highest BCUT2D eigenvalue weighted by Gasteiger charge is 2.64. The van der Waals surface area contributed by atoms with Crippen molar-refractivity contribution in [1.29, 1.82) is 0 Å². The highest BCUT2D eigenvalue weighted by Crippen LogP contribution is 2.77. The molecule has 1 heterocycles. The number of halogens is 1. The Bertz CT molecular complexity index is 623. The lowest BCUT2D eigenvalue weighted by Gasteiger charge is -2.38. The van der Waals surface area contributed by atoms with Gasteiger partial charge in [0.15, 0.2) is 0 Å². The fourth-order valence-corrected chi connectivity index (χ4v) is 7.73. The van der Waals surface area contributed by atoms with Crippen LogP contribution in [0.15, 0.2) is 22.9 Å². The van der Waals surface area contributed by atoms with Gasteiger partial charge in [-0.15, -0.1) is 0 Å². The molecular weight excluding hydrogens is 448 g/mol. The van der Waals surface area contributed by atoms with Crippen molar-refractivity contribution in [1.82, 2.24) is 4.98 Å². The van der Waals surface area contributed by atoms with E-state index in [0.717, 1.165) is 0 Å². The molecule has 0 aliphatic carbocycles. The van der Waals surface area contributed by atoms with Gasteiger partial charge in [0.25, 0.3) is 5.08 Å². The van der Waals surface area contributed by atoms with Gasteiger partial charge < -0.3 is 23.2 Å². The van der Waals surface area contributed by atoms with Gasteiger partial charge in [-0.2, -0.15) is 0 Å². The van der Waals surface area contributed by atoms with Crippen LogP contribution in [0.4, 0.5) is 0 Å². The Morgan fingerprint density at radius 3 is 1.73 bits per heavy atom. The van der Waals surface area contributed by atoms with E-state index < -0.39 is 20.3 Å². The minimum Gasteiger partial charge on any atom is -0.367 e. The maximum atomic E-state index is 13.5. The average Bonchev–Trinajstić information content (AvgIpc) is 2.55. The number of aromatic nitrogens is 1. The summed E-state index contributed by atoms with van der Waals surface area (Å²) in [6.45, 7) is 6.31. The van der Waals surface area contributed by atoms with Gasteiger partial charge in [0.2, 0.25) is 0 Å². The number of nitrogens with zero attached hydrogens (tertiary/aromatic N) is 1. The van der Waals surface area contributed by atoms with Crippen LogP contribution in [0.2, 0.25) is 0 Å². The van der Waals surface area contributed by atoms with E-state index in [-0.39, 0.29) is 32.8 Å². The van der Waals surface area contributed by atoms with Gasteiger partial charge in [0.1, 0.15) is 0 Å². The summed E-state index contributed by atoms with van der Waals surface area (Å²) in [5, 5.41) is 8.92. The molecular formula is C15H26BrNO7P2. The molecule has 0 saturated carbocycles. The largest absolute Gasteiger partial charge is 0.374 e. The number of rotatable bonds is 12. The predicted octanol–water partition coefficient (Wildman–Crippen LogP) is 4.56. The Labute approximate surface area is 162 Å². The lowest BCUT2D eigenvalue weighted by molar-refractivity contribution is 0.0828. The fourth-order valence-electron chi connectivity index (χ4n) is 2.34. The molecule has 1 N–H and O–H groups in total. The van der Waals surface area contributed by atoms with Crippen LogP contribution in [0.5, 0.6) is 0 Å². The summed E-state index contributed by atoms with van der Waals surface area (Å²) >= 11 is 3.29. The Morgan fingerprint density at radius 1 is 0.962 bits per heavy atom. The van der Waals surface area contributed by atoms with Crippen molar-refractivity contribution in [2.75, 3.05) is 26.4 Å². The molecule has 1 aromatic heterocycles. The Hall–Kier alpha value is -0.110. The van der Waals surface area contributed by atoms with E-state index in [1.807, 2.05) is 0 Å². The fraction of sp³-hybridized carbons (Fsp3) is 0.667. The molecule has 0 aliphatic rings. The molecule has 0 fully saturated rings. The third kappa shape index (κ3) is 5.24. The molecule has 0 bridgehead atoms. The van der Waals surface area contributed by atoms with Gasteiger partial charge in [-0.05, 0) is 55.3 Å². The van der Waals surface area contributed by atoms with E-state index in [1.54, 1.807) is 40.0 Å². The second-order valence-electron chi connectivity index (χ2n) is 5.13. The second kappa shape index (κ2) is 10.4. The van der Waals surface area contributed by atoms with Crippen LogP contribution in [0.25, 0.3) is 0 Å². The van der Waals surface area contributed by atoms with Gasteiger partial charge in [-0.3, -0.25) is 14.1 Å². The summed E-state index contributed by atoms with van der Waals surface area (Å²) in [6, 6.07) is 1.66. The first-order valence-electron chi connectivity index (χ1n) is 8.32. The zero-order valence-corrected chi connectivity index (χ0v) is 18.8. The molecule has 1 aromatic rings. The highest BCUT2D eigenvalue weighted by atomic mass is 79.9. The number of hydrogen-bond acceptors (Lipinski definition) is 8. The van der Waals surface area contributed by atoms with E-state index in [1.165, 1.54) is 6.20 Å². The molecule has 0 unspecified atom stereocenters. The molecule has 8 nitrogen and oxygen atoms in total. The summed E-state index contributed by atoms with van der Waals surface area (Å²) in [5.41, 5.74) is 0.459. The van der Waals surface area contributed by atoms with Crippen LogP contribution >= 0.6 is 31.1 Å². The van der Waals surface area contributed by atoms with Crippen LogP contribution in [-0.2, 0) is 33.6 Å². The second-order valence-corrected chi connectivity index (χ2v) is 10.9. The molecule has 150 valence electrons. The van der Waals surface area contributed by atoms with E-state index in [0.29, 0.717) is 10.0 Å². The summed E-state index contributed by atoms with van der Waals surface area (Å²) in [5.74, 6) is 0. The van der Waals surface area contributed by atoms with Crippen molar-refractivity contribution in [3.8, 4) is 0 Å². The predicted molar refractivity (Wildman–Crippen MR) is 102 cm³/mol. The van der Waals surface area contributed by atoms with Gasteiger partial charge >= 0.3 is 15.2 Å². The van der Waals surface area contributed by atoms with Crippen LogP contribution in [0.1, 0.15) is 33.3 Å². The van der Waals surface area contributed by atoms with Gasteiger partial charge in [0.05, 0.1) is 26.4 Å². The quantitative estimate of drug-likeness (QED) is 0.440. The van der Waals surface area contributed by atoms with E-state index in [9.17, 15) is 14.2 Å². The number of aliphatic hydroxyl groups is 1. The highest BCUT2D eigenvalue weighted by molar-refractivity contribution is 9.10. The molecule has 1 rings (SSSR count). The zero-order valence-electron chi connectivity index (χ0n) is 15.4. The van der Waals surface area contributed by atoms with Crippen LogP contribution < -0.4 is 0 Å². The summed E-state index contributed by atoms with van der Waals surface area (Å²) in [6.07, 6.45) is 2.66. The molecule has 0 aromatic carbocycles. The lowest BCUT2D eigenvalue weighted by atomic mass is 10.2. The molecule has 0 aliphatic heterocycles. The van der Waals surface area contributed by atoms with E-state index >= 15 is 0 Å². The first kappa shape index (κ1) is 23.9. The zero-order chi connectivity index (χ0) is 19.8. The van der Waals surface area contributed by atoms with Crippen molar-refractivity contribution < 1.29 is 32.3 Å². The van der Waals surface area contributed by atoms with E-state index in [4.69, 9.17) is 18.1 Å². The van der Waals surface area contributed by atoms with Crippen LogP contribution in [0.3, 0.4) is 0 Å². The maximum absolute atomic E-state index is 13.5. The number of pyridine rings is 1. The third-order valence-corrected chi connectivity index (χ3v) is 9.64. The van der Waals surface area contributed by atoms with E-state index in [2.05, 4.69) is 20.9 Å². The summed E-state index contributed by atoms with van der Waals surface area (Å²) in [7, 11) is -8.61. The standard InChI is InChI=1S/C15H26BrNO7P2/c1-5-21-25(19,22-6-2)15(18,26(20,23-7-3)24-8-4)10-13-9-14(16)12-17-11-13/h9,11-12,18H,5-8,10H2,1-4H3. The van der Waals surface area contributed by atoms with Gasteiger partial charge in [-0.25, -0.2) is 0 Å². The molecule has 0 atom stereocenters. The molecule has 26 heavy (non-hydrogen) atoms. The summed E-state index contributed by atoms with van der Waals surface area (Å²) in [4.78, 5) is 4.02. The van der Waals surface area contributed by atoms with Gasteiger partial charge in [0, 0.05) is 23.3 Å². The van der Waals surface area contributed by atoms with Crippen LogP contribution in [0, 0.1) is 0 Å². The van der Waals surface area contributed by atoms with Crippen molar-refractivity contribution in [3.63, 3.8) is 0 Å². The molecule has 11 heteroatoms. The SMILES string of the molecule is CCOP(=O)(OCC)C(O)(Cc1cncc(Br)c1)P(=O)(OCC)OCC. The minimum absolute atomic E-state index is 0.0193. The molecule has 0 radical (unpaired) electrons. The number of hydrogen-bond donors (Lipinski definition) is 1. The Balaban J connectivity index is 3.57. The third-order valence-electron chi connectivity index (χ3n) is 3.28. The van der Waals surface area contributed by atoms with Crippen molar-refractivity contribution >= 4 is 31.1 Å². The lowest BCUT2D eigenvalue weighted by Crippen LogP contribution is -2.35.